The maximum Gasteiger partial charge on any atom is 0.243 e. The molecule has 1 aliphatic heterocycles. The Morgan fingerprint density at radius 3 is 2.09 bits per heavy atom. The number of benzene rings is 3. The molecule has 0 unspecified atom stereocenters. The second kappa shape index (κ2) is 9.37. The van der Waals surface area contributed by atoms with Crippen LogP contribution in [0.15, 0.2) is 89.8 Å². The van der Waals surface area contributed by atoms with E-state index in [1.165, 1.54) is 0 Å². The molecule has 0 spiro atoms. The monoisotopic (exact) mass is 491 g/mol. The van der Waals surface area contributed by atoms with E-state index in [9.17, 15) is 8.42 Å². The Morgan fingerprint density at radius 1 is 0.853 bits per heavy atom. The molecule has 1 aliphatic rings. The van der Waals surface area contributed by atoms with Gasteiger partial charge in [0.1, 0.15) is 0 Å². The fourth-order valence-corrected chi connectivity index (χ4v) is 6.20. The molecule has 0 amide bonds. The van der Waals surface area contributed by atoms with Gasteiger partial charge in [0.25, 0.3) is 0 Å². The molecule has 0 bridgehead atoms. The van der Waals surface area contributed by atoms with Crippen LogP contribution in [0.2, 0.25) is 5.02 Å². The van der Waals surface area contributed by atoms with Crippen LogP contribution in [0.5, 0.6) is 0 Å². The molecular weight excluding hydrogens is 466 g/mol. The standard InChI is InChI=1S/C27H26ClN3O2S/c1-20-12-13-24(18-25(20)28)34(32,33)30-16-14-23(15-17-30)31-27(22-10-6-3-7-11-22)19-26(29-31)21-8-4-2-5-9-21/h2-13,18-19,23H,14-17H2,1H3. The van der Waals surface area contributed by atoms with Crippen molar-refractivity contribution in [3.63, 3.8) is 0 Å². The molecule has 3 aromatic carbocycles. The van der Waals surface area contributed by atoms with Gasteiger partial charge in [-0.25, -0.2) is 8.42 Å². The Balaban J connectivity index is 1.42. The Hall–Kier alpha value is -2.93. The summed E-state index contributed by atoms with van der Waals surface area (Å²) in [5.41, 5.74) is 4.99. The van der Waals surface area contributed by atoms with E-state index in [4.69, 9.17) is 16.7 Å². The Kier molecular flexibility index (Phi) is 6.30. The predicted octanol–water partition coefficient (Wildman–Crippen LogP) is 6.20. The second-order valence-corrected chi connectivity index (χ2v) is 11.0. The number of hydrogen-bond acceptors (Lipinski definition) is 3. The van der Waals surface area contributed by atoms with Crippen molar-refractivity contribution in [2.75, 3.05) is 13.1 Å². The molecule has 5 nitrogen and oxygen atoms in total. The summed E-state index contributed by atoms with van der Waals surface area (Å²) >= 11 is 6.20. The zero-order valence-corrected chi connectivity index (χ0v) is 20.5. The first-order valence-corrected chi connectivity index (χ1v) is 13.2. The molecule has 0 saturated carbocycles. The first kappa shape index (κ1) is 22.8. The van der Waals surface area contributed by atoms with E-state index in [0.717, 1.165) is 28.1 Å². The minimum Gasteiger partial charge on any atom is -0.261 e. The van der Waals surface area contributed by atoms with Gasteiger partial charge in [-0.15, -0.1) is 0 Å². The Morgan fingerprint density at radius 2 is 1.47 bits per heavy atom. The summed E-state index contributed by atoms with van der Waals surface area (Å²) in [7, 11) is -3.59. The van der Waals surface area contributed by atoms with Crippen molar-refractivity contribution < 1.29 is 8.42 Å². The molecule has 5 rings (SSSR count). The van der Waals surface area contributed by atoms with E-state index < -0.39 is 10.0 Å². The number of rotatable bonds is 5. The fourth-order valence-electron chi connectivity index (χ4n) is 4.46. The maximum absolute atomic E-state index is 13.2. The van der Waals surface area contributed by atoms with Crippen molar-refractivity contribution in [3.05, 3.63) is 95.5 Å². The van der Waals surface area contributed by atoms with Crippen molar-refractivity contribution in [1.29, 1.82) is 0 Å². The van der Waals surface area contributed by atoms with Crippen molar-refractivity contribution in [2.24, 2.45) is 0 Å². The van der Waals surface area contributed by atoms with E-state index in [1.54, 1.807) is 22.5 Å². The van der Waals surface area contributed by atoms with E-state index in [2.05, 4.69) is 35.0 Å². The Bertz CT molecular complexity index is 1390. The van der Waals surface area contributed by atoms with Crippen molar-refractivity contribution in [2.45, 2.75) is 30.7 Å². The fraction of sp³-hybridized carbons (Fsp3) is 0.222. The molecule has 1 fully saturated rings. The van der Waals surface area contributed by atoms with Gasteiger partial charge in [-0.2, -0.15) is 9.40 Å². The SMILES string of the molecule is Cc1ccc(S(=O)(=O)N2CCC(n3nc(-c4ccccc4)cc3-c3ccccc3)CC2)cc1Cl. The maximum atomic E-state index is 13.2. The lowest BCUT2D eigenvalue weighted by molar-refractivity contribution is 0.263. The number of sulfonamides is 1. The minimum absolute atomic E-state index is 0.112. The van der Waals surface area contributed by atoms with Crippen LogP contribution in [-0.2, 0) is 10.0 Å². The van der Waals surface area contributed by atoms with Gasteiger partial charge >= 0.3 is 0 Å². The minimum atomic E-state index is -3.59. The lowest BCUT2D eigenvalue weighted by Crippen LogP contribution is -2.39. The van der Waals surface area contributed by atoms with Crippen LogP contribution in [0.3, 0.4) is 0 Å². The number of hydrogen-bond donors (Lipinski definition) is 0. The summed E-state index contributed by atoms with van der Waals surface area (Å²) in [6.07, 6.45) is 1.38. The smallest absolute Gasteiger partial charge is 0.243 e. The van der Waals surface area contributed by atoms with E-state index in [-0.39, 0.29) is 10.9 Å². The summed E-state index contributed by atoms with van der Waals surface area (Å²) in [6, 6.07) is 27.5. The van der Waals surface area contributed by atoms with Crippen LogP contribution in [-0.4, -0.2) is 35.6 Å². The van der Waals surface area contributed by atoms with Crippen LogP contribution >= 0.6 is 11.6 Å². The van der Waals surface area contributed by atoms with Gasteiger partial charge in [-0.1, -0.05) is 78.3 Å². The van der Waals surface area contributed by atoms with Gasteiger partial charge in [0.15, 0.2) is 0 Å². The van der Waals surface area contributed by atoms with Crippen LogP contribution in [0.1, 0.15) is 24.4 Å². The van der Waals surface area contributed by atoms with Gasteiger partial charge in [-0.05, 0) is 49.1 Å². The van der Waals surface area contributed by atoms with Crippen LogP contribution in [0.25, 0.3) is 22.5 Å². The number of halogens is 1. The molecular formula is C27H26ClN3O2S. The summed E-state index contributed by atoms with van der Waals surface area (Å²) < 4.78 is 30.1. The summed E-state index contributed by atoms with van der Waals surface area (Å²) in [5.74, 6) is 0. The predicted molar refractivity (Wildman–Crippen MR) is 136 cm³/mol. The van der Waals surface area contributed by atoms with Gasteiger partial charge < -0.3 is 0 Å². The second-order valence-electron chi connectivity index (χ2n) is 8.64. The first-order chi connectivity index (χ1) is 16.4. The van der Waals surface area contributed by atoms with E-state index >= 15 is 0 Å². The van der Waals surface area contributed by atoms with Crippen LogP contribution in [0.4, 0.5) is 0 Å². The summed E-state index contributed by atoms with van der Waals surface area (Å²) in [4.78, 5) is 0.247. The highest BCUT2D eigenvalue weighted by Gasteiger charge is 2.31. The van der Waals surface area contributed by atoms with Gasteiger partial charge in [0, 0.05) is 23.7 Å². The summed E-state index contributed by atoms with van der Waals surface area (Å²) in [6.45, 7) is 2.74. The highest BCUT2D eigenvalue weighted by atomic mass is 35.5. The number of aromatic nitrogens is 2. The number of aryl methyl sites for hydroxylation is 1. The third kappa shape index (κ3) is 4.41. The third-order valence-electron chi connectivity index (χ3n) is 6.43. The Labute approximate surface area is 205 Å². The highest BCUT2D eigenvalue weighted by Crippen LogP contribution is 2.34. The topological polar surface area (TPSA) is 55.2 Å². The molecule has 4 aromatic rings. The van der Waals surface area contributed by atoms with Crippen molar-refractivity contribution in [1.82, 2.24) is 14.1 Å². The third-order valence-corrected chi connectivity index (χ3v) is 8.73. The molecule has 0 N–H and O–H groups in total. The van der Waals surface area contributed by atoms with Crippen LogP contribution < -0.4 is 0 Å². The van der Waals surface area contributed by atoms with Crippen molar-refractivity contribution >= 4 is 21.6 Å². The van der Waals surface area contributed by atoms with Gasteiger partial charge in [0.05, 0.1) is 22.3 Å². The summed E-state index contributed by atoms with van der Waals surface area (Å²) in [5, 5.41) is 5.44. The first-order valence-electron chi connectivity index (χ1n) is 11.4. The lowest BCUT2D eigenvalue weighted by atomic mass is 10.1. The largest absolute Gasteiger partial charge is 0.261 e. The molecule has 0 radical (unpaired) electrons. The van der Waals surface area contributed by atoms with E-state index in [0.29, 0.717) is 31.0 Å². The highest BCUT2D eigenvalue weighted by molar-refractivity contribution is 7.89. The number of nitrogens with zero attached hydrogens (tertiary/aromatic N) is 3. The molecule has 174 valence electrons. The quantitative estimate of drug-likeness (QED) is 0.333. The molecule has 7 heteroatoms. The average molecular weight is 492 g/mol. The lowest BCUT2D eigenvalue weighted by Gasteiger charge is -2.32. The molecule has 2 heterocycles. The van der Waals surface area contributed by atoms with Crippen molar-refractivity contribution in [3.8, 4) is 22.5 Å². The molecule has 1 aromatic heterocycles. The average Bonchev–Trinajstić information content (AvgIpc) is 3.32. The van der Waals surface area contributed by atoms with Gasteiger partial charge in [-0.3, -0.25) is 4.68 Å². The van der Waals surface area contributed by atoms with Gasteiger partial charge in [0.2, 0.25) is 10.0 Å². The molecule has 0 atom stereocenters. The molecule has 1 saturated heterocycles. The van der Waals surface area contributed by atoms with Crippen LogP contribution in [0, 0.1) is 6.92 Å². The normalized spacial score (nSPS) is 15.5. The molecule has 34 heavy (non-hydrogen) atoms. The zero-order valence-electron chi connectivity index (χ0n) is 18.9. The number of piperidine rings is 1. The zero-order chi connectivity index (χ0) is 23.7. The molecule has 0 aliphatic carbocycles. The van der Waals surface area contributed by atoms with E-state index in [1.807, 2.05) is 43.3 Å².